The molecule has 8 heteroatoms. The van der Waals surface area contributed by atoms with Gasteiger partial charge in [-0.15, -0.1) is 0 Å². The average Bonchev–Trinajstić information content (AvgIpc) is 3.30. The van der Waals surface area contributed by atoms with Gasteiger partial charge in [0.25, 0.3) is 5.91 Å². The average molecular weight is 457 g/mol. The predicted octanol–water partition coefficient (Wildman–Crippen LogP) is 3.92. The zero-order chi connectivity index (χ0) is 23.8. The third-order valence-electron chi connectivity index (χ3n) is 6.07. The van der Waals surface area contributed by atoms with Gasteiger partial charge in [0, 0.05) is 30.9 Å². The van der Waals surface area contributed by atoms with Gasteiger partial charge in [-0.1, -0.05) is 24.3 Å². The number of fused-ring (bicyclic) bond motifs is 2. The summed E-state index contributed by atoms with van der Waals surface area (Å²) in [5.41, 5.74) is 3.16. The van der Waals surface area contributed by atoms with Crippen LogP contribution in [0.5, 0.6) is 11.5 Å². The van der Waals surface area contributed by atoms with Crippen LogP contribution in [0.4, 0.5) is 11.4 Å². The van der Waals surface area contributed by atoms with Crippen molar-refractivity contribution in [2.24, 2.45) is 0 Å². The molecule has 3 amide bonds. The molecule has 0 unspecified atom stereocenters. The Labute approximate surface area is 196 Å². The summed E-state index contributed by atoms with van der Waals surface area (Å²) in [6, 6.07) is 19.0. The number of benzene rings is 3. The molecule has 0 spiro atoms. The Morgan fingerprint density at radius 1 is 0.912 bits per heavy atom. The number of ether oxygens (including phenoxy) is 2. The third kappa shape index (κ3) is 3.83. The lowest BCUT2D eigenvalue weighted by Crippen LogP contribution is -2.44. The minimum Gasteiger partial charge on any atom is -0.454 e. The molecular weight excluding hydrogens is 434 g/mol. The first-order valence-corrected chi connectivity index (χ1v) is 10.9. The number of hydrogen-bond acceptors (Lipinski definition) is 5. The van der Waals surface area contributed by atoms with Gasteiger partial charge in [-0.2, -0.15) is 0 Å². The highest BCUT2D eigenvalue weighted by atomic mass is 16.7. The molecule has 2 heterocycles. The Bertz CT molecular complexity index is 1290. The van der Waals surface area contributed by atoms with E-state index in [0.717, 1.165) is 5.56 Å². The minimum absolute atomic E-state index is 0.138. The van der Waals surface area contributed by atoms with E-state index in [-0.39, 0.29) is 24.5 Å². The van der Waals surface area contributed by atoms with Gasteiger partial charge >= 0.3 is 0 Å². The summed E-state index contributed by atoms with van der Waals surface area (Å²) in [7, 11) is 1.70. The molecule has 3 aromatic carbocycles. The standard InChI is InChI=1S/C26H23N3O5/c1-15(30)27-17-8-10-18(11-9-17)28-25(31)23-19-5-3-4-6-20(19)26(32)29(2)24(23)16-7-12-21-22(13-16)34-14-33-21/h3-13,23-24H,14H2,1-2H3,(H,27,30)(H,28,31)/t23-,24-/m0/s1. The summed E-state index contributed by atoms with van der Waals surface area (Å²) in [5, 5.41) is 5.68. The van der Waals surface area contributed by atoms with E-state index >= 15 is 0 Å². The molecule has 5 rings (SSSR count). The SMILES string of the molecule is CC(=O)Nc1ccc(NC(=O)[C@H]2c3ccccc3C(=O)N(C)[C@H]2c2ccc3c(c2)OCO3)cc1. The molecule has 3 aromatic rings. The van der Waals surface area contributed by atoms with Crippen LogP contribution in [0.2, 0.25) is 0 Å². The number of likely N-dealkylation sites (N-methyl/N-ethyl adjacent to an activating group) is 1. The fraction of sp³-hybridized carbons (Fsp3) is 0.192. The van der Waals surface area contributed by atoms with Crippen molar-refractivity contribution in [3.8, 4) is 11.5 Å². The highest BCUT2D eigenvalue weighted by molar-refractivity contribution is 6.04. The zero-order valence-electron chi connectivity index (χ0n) is 18.7. The Hall–Kier alpha value is -4.33. The Kier molecular flexibility index (Phi) is 5.41. The van der Waals surface area contributed by atoms with Crippen molar-refractivity contribution < 1.29 is 23.9 Å². The van der Waals surface area contributed by atoms with Gasteiger partial charge in [-0.05, 0) is 53.6 Å². The van der Waals surface area contributed by atoms with Crippen LogP contribution in [0, 0.1) is 0 Å². The largest absolute Gasteiger partial charge is 0.454 e. The van der Waals surface area contributed by atoms with E-state index < -0.39 is 12.0 Å². The molecule has 2 atom stereocenters. The fourth-order valence-electron chi connectivity index (χ4n) is 4.53. The summed E-state index contributed by atoms with van der Waals surface area (Å²) < 4.78 is 11.0. The van der Waals surface area contributed by atoms with Gasteiger partial charge in [-0.3, -0.25) is 14.4 Å². The highest BCUT2D eigenvalue weighted by Gasteiger charge is 2.43. The second-order valence-corrected chi connectivity index (χ2v) is 8.29. The lowest BCUT2D eigenvalue weighted by atomic mass is 9.79. The third-order valence-corrected chi connectivity index (χ3v) is 6.07. The number of amides is 3. The Balaban J connectivity index is 1.52. The first-order chi connectivity index (χ1) is 16.4. The highest BCUT2D eigenvalue weighted by Crippen LogP contribution is 2.45. The summed E-state index contributed by atoms with van der Waals surface area (Å²) >= 11 is 0. The molecule has 0 saturated carbocycles. The fourth-order valence-corrected chi connectivity index (χ4v) is 4.53. The van der Waals surface area contributed by atoms with E-state index in [1.807, 2.05) is 24.3 Å². The van der Waals surface area contributed by atoms with Crippen molar-refractivity contribution in [2.75, 3.05) is 24.5 Å². The summed E-state index contributed by atoms with van der Waals surface area (Å²) in [4.78, 5) is 39.7. The molecule has 2 aliphatic rings. The second kappa shape index (κ2) is 8.55. The van der Waals surface area contributed by atoms with Crippen LogP contribution in [0.15, 0.2) is 66.7 Å². The lowest BCUT2D eigenvalue weighted by Gasteiger charge is -2.39. The van der Waals surface area contributed by atoms with Crippen LogP contribution in [0.3, 0.4) is 0 Å². The predicted molar refractivity (Wildman–Crippen MR) is 126 cm³/mol. The molecule has 0 radical (unpaired) electrons. The number of anilines is 2. The van der Waals surface area contributed by atoms with Gasteiger partial charge in [0.1, 0.15) is 0 Å². The van der Waals surface area contributed by atoms with Crippen LogP contribution >= 0.6 is 0 Å². The smallest absolute Gasteiger partial charge is 0.254 e. The molecule has 34 heavy (non-hydrogen) atoms. The number of carbonyl (C=O) groups is 3. The van der Waals surface area contributed by atoms with Crippen LogP contribution in [0.25, 0.3) is 0 Å². The van der Waals surface area contributed by atoms with Crippen molar-refractivity contribution >= 4 is 29.1 Å². The number of carbonyl (C=O) groups excluding carboxylic acids is 3. The lowest BCUT2D eigenvalue weighted by molar-refractivity contribution is -0.119. The molecule has 8 nitrogen and oxygen atoms in total. The van der Waals surface area contributed by atoms with Gasteiger partial charge in [-0.25, -0.2) is 0 Å². The molecule has 172 valence electrons. The van der Waals surface area contributed by atoms with Crippen molar-refractivity contribution in [1.82, 2.24) is 4.90 Å². The summed E-state index contributed by atoms with van der Waals surface area (Å²) in [6.07, 6.45) is 0. The second-order valence-electron chi connectivity index (χ2n) is 8.29. The van der Waals surface area contributed by atoms with Crippen molar-refractivity contribution in [1.29, 1.82) is 0 Å². The number of hydrogen-bond donors (Lipinski definition) is 2. The number of nitrogens with zero attached hydrogens (tertiary/aromatic N) is 1. The zero-order valence-corrected chi connectivity index (χ0v) is 18.7. The maximum atomic E-state index is 13.7. The first kappa shape index (κ1) is 21.5. The summed E-state index contributed by atoms with van der Waals surface area (Å²) in [6.45, 7) is 1.57. The minimum atomic E-state index is -0.658. The summed E-state index contributed by atoms with van der Waals surface area (Å²) in [5.74, 6) is -0.00740. The normalized spacial score (nSPS) is 18.3. The van der Waals surface area contributed by atoms with Crippen LogP contribution in [-0.2, 0) is 9.59 Å². The molecular formula is C26H23N3O5. The number of rotatable bonds is 4. The van der Waals surface area contributed by atoms with E-state index in [1.165, 1.54) is 6.92 Å². The van der Waals surface area contributed by atoms with Gasteiger partial charge in [0.05, 0.1) is 12.0 Å². The maximum absolute atomic E-state index is 13.7. The van der Waals surface area contributed by atoms with E-state index in [9.17, 15) is 14.4 Å². The van der Waals surface area contributed by atoms with Gasteiger partial charge in [0.2, 0.25) is 18.6 Å². The van der Waals surface area contributed by atoms with Crippen LogP contribution in [0.1, 0.15) is 40.4 Å². The van der Waals surface area contributed by atoms with E-state index in [0.29, 0.717) is 34.0 Å². The molecule has 2 N–H and O–H groups in total. The van der Waals surface area contributed by atoms with Crippen molar-refractivity contribution in [2.45, 2.75) is 18.9 Å². The molecule has 0 aliphatic carbocycles. The Morgan fingerprint density at radius 2 is 1.59 bits per heavy atom. The molecule has 0 aromatic heterocycles. The van der Waals surface area contributed by atoms with E-state index in [1.54, 1.807) is 54.4 Å². The molecule has 2 aliphatic heterocycles. The van der Waals surface area contributed by atoms with Gasteiger partial charge in [0.15, 0.2) is 11.5 Å². The quantitative estimate of drug-likeness (QED) is 0.619. The molecule has 0 bridgehead atoms. The number of nitrogens with one attached hydrogen (secondary N) is 2. The first-order valence-electron chi connectivity index (χ1n) is 10.9. The molecule has 0 fully saturated rings. The van der Waals surface area contributed by atoms with Crippen molar-refractivity contribution in [3.63, 3.8) is 0 Å². The van der Waals surface area contributed by atoms with E-state index in [2.05, 4.69) is 10.6 Å². The van der Waals surface area contributed by atoms with E-state index in [4.69, 9.17) is 9.47 Å². The van der Waals surface area contributed by atoms with Crippen LogP contribution in [-0.4, -0.2) is 36.5 Å². The Morgan fingerprint density at radius 3 is 2.32 bits per heavy atom. The van der Waals surface area contributed by atoms with Gasteiger partial charge < -0.3 is 25.0 Å². The maximum Gasteiger partial charge on any atom is 0.254 e. The topological polar surface area (TPSA) is 97.0 Å². The monoisotopic (exact) mass is 457 g/mol. The molecule has 0 saturated heterocycles. The van der Waals surface area contributed by atoms with Crippen molar-refractivity contribution in [3.05, 3.63) is 83.4 Å². The van der Waals surface area contributed by atoms with Crippen LogP contribution < -0.4 is 20.1 Å².